The van der Waals surface area contributed by atoms with Gasteiger partial charge in [-0.1, -0.05) is 0 Å². The third-order valence-electron chi connectivity index (χ3n) is 3.88. The molecule has 0 radical (unpaired) electrons. The van der Waals surface area contributed by atoms with E-state index >= 15 is 0 Å². The van der Waals surface area contributed by atoms with Crippen LogP contribution in [0.2, 0.25) is 0 Å². The molecule has 1 aromatic rings. The summed E-state index contributed by atoms with van der Waals surface area (Å²) in [7, 11) is 1.74. The first-order chi connectivity index (χ1) is 8.29. The van der Waals surface area contributed by atoms with E-state index in [-0.39, 0.29) is 0 Å². The van der Waals surface area contributed by atoms with Crippen molar-refractivity contribution < 1.29 is 4.74 Å². The van der Waals surface area contributed by atoms with E-state index in [1.54, 1.807) is 7.11 Å². The Morgan fingerprint density at radius 2 is 2.06 bits per heavy atom. The Labute approximate surface area is 112 Å². The van der Waals surface area contributed by atoms with Crippen LogP contribution < -0.4 is 4.74 Å². The summed E-state index contributed by atoms with van der Waals surface area (Å²) < 4.78 is 5.87. The Kier molecular flexibility index (Phi) is 2.94. The van der Waals surface area contributed by atoms with Gasteiger partial charge in [0.05, 0.1) is 0 Å². The van der Waals surface area contributed by atoms with E-state index in [9.17, 15) is 0 Å². The summed E-state index contributed by atoms with van der Waals surface area (Å²) in [5, 5.41) is 0. The number of nitrogens with zero attached hydrogens (tertiary/aromatic N) is 1. The van der Waals surface area contributed by atoms with Crippen molar-refractivity contribution in [2.45, 2.75) is 17.4 Å². The maximum absolute atomic E-state index is 5.34. The molecule has 0 amide bonds. The second-order valence-corrected chi connectivity index (χ2v) is 4.99. The zero-order valence-corrected chi connectivity index (χ0v) is 10.6. The molecule has 0 aromatic heterocycles. The van der Waals surface area contributed by atoms with Crippen molar-refractivity contribution in [1.29, 1.82) is 0 Å². The van der Waals surface area contributed by atoms with E-state index in [1.807, 2.05) is 0 Å². The normalized spacial score (nSPS) is 22.6. The fraction of sp³-hybridized carbons (Fsp3) is 0.429. The molecule has 3 rings (SSSR count). The quantitative estimate of drug-likeness (QED) is 0.711. The first-order valence-electron chi connectivity index (χ1n) is 6.44. The van der Waals surface area contributed by atoms with E-state index in [2.05, 4.69) is 46.9 Å². The second-order valence-electron chi connectivity index (χ2n) is 4.99. The van der Waals surface area contributed by atoms with Gasteiger partial charge in [-0.25, -0.2) is 0 Å². The van der Waals surface area contributed by atoms with Crippen molar-refractivity contribution in [3.63, 3.8) is 0 Å². The summed E-state index contributed by atoms with van der Waals surface area (Å²) >= 11 is 2.27. The van der Waals surface area contributed by atoms with Crippen molar-refractivity contribution >= 4 is 23.4 Å². The second kappa shape index (κ2) is 4.44. The number of likely N-dealkylation sites (tertiary alicyclic amines) is 1. The number of hydrogen-bond donors (Lipinski definition) is 0. The molecule has 1 fully saturated rings. The maximum atomic E-state index is 5.34. The van der Waals surface area contributed by atoms with Gasteiger partial charge in [0.25, 0.3) is 0 Å². The fourth-order valence-corrected chi connectivity index (χ4v) is 2.93. The summed E-state index contributed by atoms with van der Waals surface area (Å²) in [4.78, 5) is 2.52. The van der Waals surface area contributed by atoms with Crippen molar-refractivity contribution in [1.82, 2.24) is 4.90 Å². The van der Waals surface area contributed by atoms with Crippen LogP contribution >= 0.6 is 0 Å². The van der Waals surface area contributed by atoms with Gasteiger partial charge in [0.15, 0.2) is 0 Å². The monoisotopic (exact) mass is 221 g/mol. The number of allylic oxidation sites excluding steroid dienone is 1. The van der Waals surface area contributed by atoms with Crippen LogP contribution in [0.3, 0.4) is 0 Å². The van der Waals surface area contributed by atoms with Gasteiger partial charge >= 0.3 is 112 Å². The zero-order valence-electron chi connectivity index (χ0n) is 10.6. The van der Waals surface area contributed by atoms with Crippen molar-refractivity contribution in [2.24, 2.45) is 0 Å². The third kappa shape index (κ3) is 1.90. The predicted molar refractivity (Wildman–Crippen MR) is 70.3 cm³/mol. The first kappa shape index (κ1) is 11.3. The Balaban J connectivity index is 2.01. The Bertz CT molecular complexity index is 463. The van der Waals surface area contributed by atoms with Crippen LogP contribution in [-0.4, -0.2) is 42.8 Å². The van der Waals surface area contributed by atoms with Crippen molar-refractivity contribution in [3.8, 4) is 5.75 Å². The van der Waals surface area contributed by atoms with Crippen LogP contribution in [0.1, 0.15) is 28.6 Å². The van der Waals surface area contributed by atoms with Crippen LogP contribution in [0.25, 0.3) is 5.70 Å². The number of rotatable bonds is 2. The summed E-state index contributed by atoms with van der Waals surface area (Å²) in [6.07, 6.45) is 5.05. The molecule has 17 heavy (non-hydrogen) atoms. The third-order valence-corrected chi connectivity index (χ3v) is 3.88. The fourth-order valence-electron chi connectivity index (χ4n) is 2.93. The summed E-state index contributed by atoms with van der Waals surface area (Å²) in [5.41, 5.74) is 4.23. The van der Waals surface area contributed by atoms with Gasteiger partial charge in [-0.05, 0) is 0 Å². The standard InChI is InChI=1S/C14H16NO.Li/c1-16-12-6-4-11-5-7-14(13(11)10-12)15-8-2-3-9-15;/h4-7,10H,2-3,8-9H2,1H3;. The molecule has 1 aromatic carbocycles. The molecule has 2 aliphatic rings. The molecule has 1 aliphatic carbocycles. The number of ether oxygens (including phenoxy) is 1. The minimum absolute atomic E-state index is 0.534. The van der Waals surface area contributed by atoms with E-state index < -0.39 is 0 Å². The summed E-state index contributed by atoms with van der Waals surface area (Å²) in [5.74, 6) is 0.961. The summed E-state index contributed by atoms with van der Waals surface area (Å²) in [6, 6.07) is 6.46. The molecule has 1 saturated heterocycles. The van der Waals surface area contributed by atoms with E-state index in [1.165, 1.54) is 42.8 Å². The molecule has 84 valence electrons. The number of fused-ring (bicyclic) bond motifs is 1. The zero-order chi connectivity index (χ0) is 11.8. The molecule has 2 nitrogen and oxygen atoms in total. The minimum atomic E-state index is 0.534. The molecule has 0 N–H and O–H groups in total. The van der Waals surface area contributed by atoms with Crippen molar-refractivity contribution in [3.05, 3.63) is 35.4 Å². The molecule has 1 heterocycles. The van der Waals surface area contributed by atoms with Gasteiger partial charge in [-0.2, -0.15) is 0 Å². The SMILES string of the molecule is [Li][CH]1C=C(N2CCCC2)c2cc(OC)ccc21. The molecular formula is C14H16LiNO. The van der Waals surface area contributed by atoms with Crippen LogP contribution in [0.15, 0.2) is 24.3 Å². The Morgan fingerprint density at radius 1 is 1.29 bits per heavy atom. The molecule has 1 atom stereocenters. The topological polar surface area (TPSA) is 12.5 Å². The van der Waals surface area contributed by atoms with Crippen LogP contribution in [0.5, 0.6) is 5.75 Å². The number of benzene rings is 1. The molecular weight excluding hydrogens is 205 g/mol. The molecule has 1 unspecified atom stereocenters. The molecule has 0 bridgehead atoms. The number of hydrogen-bond acceptors (Lipinski definition) is 2. The van der Waals surface area contributed by atoms with Gasteiger partial charge in [0, 0.05) is 0 Å². The molecule has 1 aliphatic heterocycles. The van der Waals surface area contributed by atoms with E-state index in [0.29, 0.717) is 4.59 Å². The van der Waals surface area contributed by atoms with Gasteiger partial charge in [0.1, 0.15) is 0 Å². The first-order valence-corrected chi connectivity index (χ1v) is 6.44. The van der Waals surface area contributed by atoms with Crippen molar-refractivity contribution in [2.75, 3.05) is 20.2 Å². The Morgan fingerprint density at radius 3 is 2.76 bits per heavy atom. The number of methoxy groups -OCH3 is 1. The van der Waals surface area contributed by atoms with Crippen LogP contribution in [-0.2, 0) is 0 Å². The summed E-state index contributed by atoms with van der Waals surface area (Å²) in [6.45, 7) is 2.41. The average molecular weight is 221 g/mol. The van der Waals surface area contributed by atoms with Gasteiger partial charge < -0.3 is 0 Å². The van der Waals surface area contributed by atoms with E-state index in [4.69, 9.17) is 4.74 Å². The van der Waals surface area contributed by atoms with E-state index in [0.717, 1.165) is 5.75 Å². The van der Waals surface area contributed by atoms with Crippen LogP contribution in [0.4, 0.5) is 0 Å². The Hall–Kier alpha value is -0.843. The molecule has 0 spiro atoms. The average Bonchev–Trinajstić information content (AvgIpc) is 2.97. The molecule has 3 heteroatoms. The predicted octanol–water partition coefficient (Wildman–Crippen LogP) is 2.36. The van der Waals surface area contributed by atoms with Gasteiger partial charge in [-0.15, -0.1) is 0 Å². The van der Waals surface area contributed by atoms with Gasteiger partial charge in [-0.3, -0.25) is 0 Å². The molecule has 0 saturated carbocycles. The van der Waals surface area contributed by atoms with Crippen LogP contribution in [0, 0.1) is 0 Å². The van der Waals surface area contributed by atoms with Gasteiger partial charge in [0.2, 0.25) is 0 Å².